The highest BCUT2D eigenvalue weighted by Crippen LogP contribution is 2.38. The highest BCUT2D eigenvalue weighted by Gasteiger charge is 2.36. The maximum absolute atomic E-state index is 10.1. The van der Waals surface area contributed by atoms with Crippen LogP contribution in [-0.4, -0.2) is 26.8 Å². The van der Waals surface area contributed by atoms with Gasteiger partial charge in [0.15, 0.2) is 11.5 Å². The van der Waals surface area contributed by atoms with Crippen LogP contribution in [0.15, 0.2) is 42.5 Å². The van der Waals surface area contributed by atoms with Crippen molar-refractivity contribution in [1.29, 1.82) is 5.26 Å². The van der Waals surface area contributed by atoms with Crippen LogP contribution >= 0.6 is 0 Å². The van der Waals surface area contributed by atoms with Gasteiger partial charge in [0.05, 0.1) is 25.7 Å². The SMILES string of the molecule is COc1ccc(CC(C)NCCCC(C#N)(c2ccccc2C)C(C)C)cc1OC. The summed E-state index contributed by atoms with van der Waals surface area (Å²) in [7, 11) is 3.31. The molecule has 0 saturated heterocycles. The van der Waals surface area contributed by atoms with E-state index in [1.165, 1.54) is 16.7 Å². The summed E-state index contributed by atoms with van der Waals surface area (Å²) in [5.74, 6) is 1.77. The Morgan fingerprint density at radius 3 is 2.33 bits per heavy atom. The average molecular weight is 409 g/mol. The lowest BCUT2D eigenvalue weighted by atomic mass is 9.68. The molecule has 2 unspecified atom stereocenters. The summed E-state index contributed by atoms with van der Waals surface area (Å²) >= 11 is 0. The molecule has 0 heterocycles. The van der Waals surface area contributed by atoms with Crippen LogP contribution in [-0.2, 0) is 11.8 Å². The van der Waals surface area contributed by atoms with Crippen LogP contribution < -0.4 is 14.8 Å². The maximum Gasteiger partial charge on any atom is 0.160 e. The fourth-order valence-corrected chi connectivity index (χ4v) is 4.20. The number of nitriles is 1. The number of nitrogens with zero attached hydrogens (tertiary/aromatic N) is 1. The fourth-order valence-electron chi connectivity index (χ4n) is 4.20. The number of ether oxygens (including phenoxy) is 2. The van der Waals surface area contributed by atoms with Gasteiger partial charge in [0.25, 0.3) is 0 Å². The van der Waals surface area contributed by atoms with E-state index in [-0.39, 0.29) is 5.92 Å². The quantitative estimate of drug-likeness (QED) is 0.504. The molecule has 2 aromatic carbocycles. The van der Waals surface area contributed by atoms with E-state index < -0.39 is 5.41 Å². The van der Waals surface area contributed by atoms with Gasteiger partial charge in [-0.2, -0.15) is 5.26 Å². The van der Waals surface area contributed by atoms with Crippen molar-refractivity contribution in [1.82, 2.24) is 5.32 Å². The van der Waals surface area contributed by atoms with E-state index in [1.54, 1.807) is 14.2 Å². The van der Waals surface area contributed by atoms with Crippen LogP contribution in [0.25, 0.3) is 0 Å². The Hall–Kier alpha value is -2.51. The summed E-state index contributed by atoms with van der Waals surface area (Å²) in [4.78, 5) is 0. The summed E-state index contributed by atoms with van der Waals surface area (Å²) in [5.41, 5.74) is 3.13. The Kier molecular flexibility index (Phi) is 8.74. The summed E-state index contributed by atoms with van der Waals surface area (Å²) in [6, 6.07) is 17.4. The third-order valence-corrected chi connectivity index (χ3v) is 6.04. The molecule has 30 heavy (non-hydrogen) atoms. The van der Waals surface area contributed by atoms with Gasteiger partial charge in [-0.25, -0.2) is 0 Å². The van der Waals surface area contributed by atoms with Gasteiger partial charge in [-0.1, -0.05) is 44.2 Å². The summed E-state index contributed by atoms with van der Waals surface area (Å²) < 4.78 is 10.7. The predicted molar refractivity (Wildman–Crippen MR) is 123 cm³/mol. The maximum atomic E-state index is 10.1. The van der Waals surface area contributed by atoms with Crippen molar-refractivity contribution in [2.45, 2.75) is 58.4 Å². The highest BCUT2D eigenvalue weighted by molar-refractivity contribution is 5.43. The van der Waals surface area contributed by atoms with E-state index in [0.29, 0.717) is 6.04 Å². The number of hydrogen-bond donors (Lipinski definition) is 1. The Bertz CT molecular complexity index is 856. The van der Waals surface area contributed by atoms with E-state index >= 15 is 0 Å². The lowest BCUT2D eigenvalue weighted by molar-refractivity contribution is 0.350. The molecule has 4 nitrogen and oxygen atoms in total. The fraction of sp³-hybridized carbons (Fsp3) is 0.500. The monoisotopic (exact) mass is 408 g/mol. The zero-order chi connectivity index (χ0) is 22.1. The van der Waals surface area contributed by atoms with E-state index in [2.05, 4.69) is 57.3 Å². The van der Waals surface area contributed by atoms with Gasteiger partial charge in [0.2, 0.25) is 0 Å². The zero-order valence-corrected chi connectivity index (χ0v) is 19.3. The molecule has 0 bridgehead atoms. The minimum absolute atomic E-state index is 0.257. The molecule has 0 aliphatic rings. The molecular weight excluding hydrogens is 372 g/mol. The lowest BCUT2D eigenvalue weighted by Crippen LogP contribution is -2.34. The van der Waals surface area contributed by atoms with Crippen LogP contribution in [0.1, 0.15) is 50.3 Å². The van der Waals surface area contributed by atoms with Crippen LogP contribution in [0, 0.1) is 24.2 Å². The Labute approximate surface area is 182 Å². The number of hydrogen-bond acceptors (Lipinski definition) is 4. The third kappa shape index (κ3) is 5.55. The molecule has 0 spiro atoms. The van der Waals surface area contributed by atoms with Gasteiger partial charge in [-0.05, 0) is 74.4 Å². The largest absolute Gasteiger partial charge is 0.493 e. The van der Waals surface area contributed by atoms with Crippen LogP contribution in [0.5, 0.6) is 11.5 Å². The number of nitrogens with one attached hydrogen (secondary N) is 1. The molecule has 4 heteroatoms. The van der Waals surface area contributed by atoms with Crippen molar-refractivity contribution in [3.8, 4) is 17.6 Å². The molecule has 0 aliphatic carbocycles. The molecule has 2 aromatic rings. The van der Waals surface area contributed by atoms with Gasteiger partial charge in [-0.3, -0.25) is 0 Å². The first-order valence-electron chi connectivity index (χ1n) is 10.8. The van der Waals surface area contributed by atoms with Crippen molar-refractivity contribution in [2.24, 2.45) is 5.92 Å². The molecule has 1 N–H and O–H groups in total. The Morgan fingerprint density at radius 1 is 1.03 bits per heavy atom. The third-order valence-electron chi connectivity index (χ3n) is 6.04. The van der Waals surface area contributed by atoms with Gasteiger partial charge in [0.1, 0.15) is 0 Å². The second-order valence-corrected chi connectivity index (χ2v) is 8.40. The van der Waals surface area contributed by atoms with Crippen LogP contribution in [0.3, 0.4) is 0 Å². The van der Waals surface area contributed by atoms with Crippen molar-refractivity contribution in [2.75, 3.05) is 20.8 Å². The molecule has 0 aliphatic heterocycles. The topological polar surface area (TPSA) is 54.3 Å². The average Bonchev–Trinajstić information content (AvgIpc) is 2.74. The lowest BCUT2D eigenvalue weighted by Gasteiger charge is -2.33. The van der Waals surface area contributed by atoms with Crippen molar-refractivity contribution in [3.05, 3.63) is 59.2 Å². The van der Waals surface area contributed by atoms with Crippen molar-refractivity contribution >= 4 is 0 Å². The molecular formula is C26H36N2O2. The van der Waals surface area contributed by atoms with Crippen LogP contribution in [0.2, 0.25) is 0 Å². The first-order chi connectivity index (χ1) is 14.4. The number of rotatable bonds is 11. The van der Waals surface area contributed by atoms with Gasteiger partial charge < -0.3 is 14.8 Å². The second-order valence-electron chi connectivity index (χ2n) is 8.40. The minimum atomic E-state index is -0.445. The van der Waals surface area contributed by atoms with Crippen molar-refractivity contribution < 1.29 is 9.47 Å². The molecule has 162 valence electrons. The minimum Gasteiger partial charge on any atom is -0.493 e. The summed E-state index contributed by atoms with van der Waals surface area (Å²) in [6.07, 6.45) is 2.71. The summed E-state index contributed by atoms with van der Waals surface area (Å²) in [5, 5.41) is 13.7. The second kappa shape index (κ2) is 11.0. The van der Waals surface area contributed by atoms with E-state index in [0.717, 1.165) is 37.3 Å². The first kappa shape index (κ1) is 23.8. The molecule has 0 fully saturated rings. The van der Waals surface area contributed by atoms with E-state index in [4.69, 9.17) is 9.47 Å². The first-order valence-corrected chi connectivity index (χ1v) is 10.8. The van der Waals surface area contributed by atoms with E-state index in [9.17, 15) is 5.26 Å². The van der Waals surface area contributed by atoms with Crippen LogP contribution in [0.4, 0.5) is 0 Å². The normalized spacial score (nSPS) is 14.1. The standard InChI is InChI=1S/C26H36N2O2/c1-19(2)26(18-27,23-11-8-7-10-20(23)3)14-9-15-28-21(4)16-22-12-13-24(29-5)25(17-22)30-6/h7-8,10-13,17,19,21,28H,9,14-16H2,1-6H3. The Balaban J connectivity index is 1.95. The molecule has 0 radical (unpaired) electrons. The molecule has 2 atom stereocenters. The van der Waals surface area contributed by atoms with E-state index in [1.807, 2.05) is 24.3 Å². The number of benzene rings is 2. The Morgan fingerprint density at radius 2 is 1.73 bits per heavy atom. The molecule has 0 aromatic heterocycles. The van der Waals surface area contributed by atoms with Gasteiger partial charge >= 0.3 is 0 Å². The highest BCUT2D eigenvalue weighted by atomic mass is 16.5. The summed E-state index contributed by atoms with van der Waals surface area (Å²) in [6.45, 7) is 9.49. The molecule has 0 amide bonds. The van der Waals surface area contributed by atoms with Gasteiger partial charge in [0, 0.05) is 6.04 Å². The van der Waals surface area contributed by atoms with Gasteiger partial charge in [-0.15, -0.1) is 0 Å². The predicted octanol–water partition coefficient (Wildman–Crippen LogP) is 5.43. The smallest absolute Gasteiger partial charge is 0.160 e. The number of methoxy groups -OCH3 is 2. The number of aryl methyl sites for hydroxylation is 1. The van der Waals surface area contributed by atoms with Crippen molar-refractivity contribution in [3.63, 3.8) is 0 Å². The zero-order valence-electron chi connectivity index (χ0n) is 19.3. The molecule has 2 rings (SSSR count). The molecule has 0 saturated carbocycles.